The molecular formula is C14H17BrN2O3. The van der Waals surface area contributed by atoms with E-state index in [2.05, 4.69) is 21.2 Å². The summed E-state index contributed by atoms with van der Waals surface area (Å²) in [6.45, 7) is 1.87. The van der Waals surface area contributed by atoms with Gasteiger partial charge in [-0.15, -0.1) is 0 Å². The maximum absolute atomic E-state index is 10.9. The average Bonchev–Trinajstić information content (AvgIpc) is 2.47. The van der Waals surface area contributed by atoms with E-state index in [1.54, 1.807) is 0 Å². The van der Waals surface area contributed by atoms with E-state index in [1.807, 2.05) is 18.2 Å². The monoisotopic (exact) mass is 340 g/mol. The summed E-state index contributed by atoms with van der Waals surface area (Å²) in [4.78, 5) is 12.4. The van der Waals surface area contributed by atoms with Gasteiger partial charge < -0.3 is 20.1 Å². The molecule has 1 atom stereocenters. The highest BCUT2D eigenvalue weighted by Gasteiger charge is 2.31. The number of anilines is 1. The van der Waals surface area contributed by atoms with Gasteiger partial charge in [0.15, 0.2) is 0 Å². The van der Waals surface area contributed by atoms with Gasteiger partial charge in [0.05, 0.1) is 11.7 Å². The van der Waals surface area contributed by atoms with Crippen molar-refractivity contribution < 1.29 is 14.6 Å². The van der Waals surface area contributed by atoms with Gasteiger partial charge in [0.2, 0.25) is 0 Å². The predicted molar refractivity (Wildman–Crippen MR) is 79.4 cm³/mol. The van der Waals surface area contributed by atoms with Crippen molar-refractivity contribution in [3.63, 3.8) is 0 Å². The molecule has 0 aromatic heterocycles. The molecule has 0 bridgehead atoms. The van der Waals surface area contributed by atoms with Gasteiger partial charge in [-0.3, -0.25) is 0 Å². The minimum Gasteiger partial charge on any atom is -0.489 e. The zero-order valence-corrected chi connectivity index (χ0v) is 12.6. The first kappa shape index (κ1) is 13.5. The molecule has 0 saturated carbocycles. The second-order valence-corrected chi connectivity index (χ2v) is 6.23. The number of benzene rings is 1. The number of carbonyl (C=O) groups is 1. The van der Waals surface area contributed by atoms with Crippen LogP contribution in [0.25, 0.3) is 0 Å². The second-order valence-electron chi connectivity index (χ2n) is 5.31. The Morgan fingerprint density at radius 2 is 2.15 bits per heavy atom. The van der Waals surface area contributed by atoms with Crippen LogP contribution in [0, 0.1) is 5.92 Å². The van der Waals surface area contributed by atoms with Gasteiger partial charge in [-0.1, -0.05) is 15.9 Å². The summed E-state index contributed by atoms with van der Waals surface area (Å²) >= 11 is 3.43. The minimum atomic E-state index is -0.813. The van der Waals surface area contributed by atoms with Crippen LogP contribution in [-0.4, -0.2) is 41.8 Å². The lowest BCUT2D eigenvalue weighted by Gasteiger charge is -2.37. The topological polar surface area (TPSA) is 61.8 Å². The van der Waals surface area contributed by atoms with Crippen molar-refractivity contribution in [1.29, 1.82) is 0 Å². The molecule has 1 aromatic rings. The van der Waals surface area contributed by atoms with Crippen LogP contribution in [0.4, 0.5) is 10.5 Å². The number of carboxylic acid groups (broad SMARTS) is 1. The quantitative estimate of drug-likeness (QED) is 0.824. The third-order valence-corrected chi connectivity index (χ3v) is 4.58. The normalized spacial score (nSPS) is 22.6. The second kappa shape index (κ2) is 5.52. The number of hydrogen-bond donors (Lipinski definition) is 2. The fourth-order valence-corrected chi connectivity index (χ4v) is 3.24. The van der Waals surface area contributed by atoms with E-state index < -0.39 is 6.09 Å². The molecule has 0 spiro atoms. The summed E-state index contributed by atoms with van der Waals surface area (Å²) in [5, 5.41) is 12.5. The van der Waals surface area contributed by atoms with Crippen molar-refractivity contribution in [3.8, 4) is 5.75 Å². The molecule has 1 saturated heterocycles. The van der Waals surface area contributed by atoms with E-state index in [1.165, 1.54) is 4.90 Å². The van der Waals surface area contributed by atoms with Crippen LogP contribution in [0.2, 0.25) is 0 Å². The number of hydrogen-bond acceptors (Lipinski definition) is 3. The van der Waals surface area contributed by atoms with Crippen LogP contribution in [0.1, 0.15) is 12.8 Å². The Bertz CT molecular complexity index is 515. The lowest BCUT2D eigenvalue weighted by atomic mass is 9.89. The fourth-order valence-electron chi connectivity index (χ4n) is 2.90. The summed E-state index contributed by atoms with van der Waals surface area (Å²) in [5.74, 6) is 1.33. The van der Waals surface area contributed by atoms with E-state index in [0.717, 1.165) is 28.8 Å². The van der Waals surface area contributed by atoms with Crippen LogP contribution in [0.5, 0.6) is 5.75 Å². The number of amides is 1. The van der Waals surface area contributed by atoms with Gasteiger partial charge in [0.1, 0.15) is 12.4 Å². The van der Waals surface area contributed by atoms with Gasteiger partial charge in [0.25, 0.3) is 0 Å². The van der Waals surface area contributed by atoms with Crippen molar-refractivity contribution in [2.24, 2.45) is 5.92 Å². The van der Waals surface area contributed by atoms with Gasteiger partial charge in [-0.05, 0) is 37.0 Å². The molecule has 1 aromatic carbocycles. The molecule has 6 heteroatoms. The maximum atomic E-state index is 10.9. The SMILES string of the molecule is O=C(O)N1CCC(C2COc3cc(Br)ccc3N2)CC1. The molecule has 2 N–H and O–H groups in total. The number of rotatable bonds is 1. The third kappa shape index (κ3) is 2.70. The van der Waals surface area contributed by atoms with Crippen molar-refractivity contribution >= 4 is 27.7 Å². The molecule has 108 valence electrons. The summed E-state index contributed by atoms with van der Waals surface area (Å²) in [7, 11) is 0. The van der Waals surface area contributed by atoms with Crippen molar-refractivity contribution in [1.82, 2.24) is 4.90 Å². The van der Waals surface area contributed by atoms with E-state index >= 15 is 0 Å². The third-order valence-electron chi connectivity index (χ3n) is 4.08. The molecule has 2 aliphatic rings. The Morgan fingerprint density at radius 1 is 1.40 bits per heavy atom. The highest BCUT2D eigenvalue weighted by molar-refractivity contribution is 9.10. The molecule has 1 unspecified atom stereocenters. The lowest BCUT2D eigenvalue weighted by molar-refractivity contribution is 0.115. The molecule has 0 radical (unpaired) electrons. The molecule has 1 fully saturated rings. The van der Waals surface area contributed by atoms with Crippen LogP contribution in [0.3, 0.4) is 0 Å². The molecule has 3 rings (SSSR count). The number of halogens is 1. The molecule has 2 aliphatic heterocycles. The van der Waals surface area contributed by atoms with Crippen LogP contribution < -0.4 is 10.1 Å². The van der Waals surface area contributed by atoms with Gasteiger partial charge in [-0.25, -0.2) is 4.79 Å². The Kier molecular flexibility index (Phi) is 3.74. The van der Waals surface area contributed by atoms with Gasteiger partial charge in [-0.2, -0.15) is 0 Å². The Balaban J connectivity index is 1.63. The van der Waals surface area contributed by atoms with E-state index in [9.17, 15) is 4.79 Å². The highest BCUT2D eigenvalue weighted by Crippen LogP contribution is 2.34. The number of nitrogens with one attached hydrogen (secondary N) is 1. The summed E-state index contributed by atoms with van der Waals surface area (Å²) in [5.41, 5.74) is 1.02. The standard InChI is InChI=1S/C14H17BrN2O3/c15-10-1-2-11-13(7-10)20-8-12(16-11)9-3-5-17(6-4-9)14(18)19/h1-2,7,9,12,16H,3-6,8H2,(H,18,19). The highest BCUT2D eigenvalue weighted by atomic mass is 79.9. The van der Waals surface area contributed by atoms with Crippen molar-refractivity contribution in [2.45, 2.75) is 18.9 Å². The number of fused-ring (bicyclic) bond motifs is 1. The smallest absolute Gasteiger partial charge is 0.407 e. The Labute approximate surface area is 126 Å². The average molecular weight is 341 g/mol. The zero-order chi connectivity index (χ0) is 14.1. The Hall–Kier alpha value is -1.43. The van der Waals surface area contributed by atoms with Crippen LogP contribution in [0.15, 0.2) is 22.7 Å². The first-order valence-corrected chi connectivity index (χ1v) is 7.59. The van der Waals surface area contributed by atoms with Gasteiger partial charge >= 0.3 is 6.09 Å². The fraction of sp³-hybridized carbons (Fsp3) is 0.500. The molecule has 20 heavy (non-hydrogen) atoms. The zero-order valence-electron chi connectivity index (χ0n) is 11.0. The first-order chi connectivity index (χ1) is 9.63. The summed E-state index contributed by atoms with van der Waals surface area (Å²) in [6.07, 6.45) is 0.963. The van der Waals surface area contributed by atoms with Gasteiger partial charge in [0, 0.05) is 17.6 Å². The number of ether oxygens (including phenoxy) is 1. The molecule has 5 nitrogen and oxygen atoms in total. The maximum Gasteiger partial charge on any atom is 0.407 e. The predicted octanol–water partition coefficient (Wildman–Crippen LogP) is 3.01. The molecular weight excluding hydrogens is 324 g/mol. The summed E-state index contributed by atoms with van der Waals surface area (Å²) in [6, 6.07) is 6.23. The van der Waals surface area contributed by atoms with Crippen LogP contribution >= 0.6 is 15.9 Å². The van der Waals surface area contributed by atoms with Crippen molar-refractivity contribution in [2.75, 3.05) is 25.0 Å². The number of likely N-dealkylation sites (tertiary alicyclic amines) is 1. The van der Waals surface area contributed by atoms with E-state index in [-0.39, 0.29) is 6.04 Å². The number of piperidine rings is 1. The Morgan fingerprint density at radius 3 is 2.85 bits per heavy atom. The molecule has 0 aliphatic carbocycles. The van der Waals surface area contributed by atoms with E-state index in [4.69, 9.17) is 9.84 Å². The largest absolute Gasteiger partial charge is 0.489 e. The molecule has 2 heterocycles. The van der Waals surface area contributed by atoms with Crippen LogP contribution in [-0.2, 0) is 0 Å². The lowest BCUT2D eigenvalue weighted by Crippen LogP contribution is -2.45. The van der Waals surface area contributed by atoms with Crippen molar-refractivity contribution in [3.05, 3.63) is 22.7 Å². The number of nitrogens with zero attached hydrogens (tertiary/aromatic N) is 1. The molecule has 1 amide bonds. The first-order valence-electron chi connectivity index (χ1n) is 6.80. The van der Waals surface area contributed by atoms with E-state index in [0.29, 0.717) is 25.6 Å². The summed E-state index contributed by atoms with van der Waals surface area (Å²) < 4.78 is 6.83. The minimum absolute atomic E-state index is 0.264.